The predicted octanol–water partition coefficient (Wildman–Crippen LogP) is 6.01. The fraction of sp³-hybridized carbons (Fsp3) is 1.00. The van der Waals surface area contributed by atoms with Crippen molar-refractivity contribution in [1.82, 2.24) is 0 Å². The van der Waals surface area contributed by atoms with E-state index in [1.165, 1.54) is 0 Å². The molecule has 0 aliphatic carbocycles. The first-order chi connectivity index (χ1) is 5.75. The molecule has 16 heavy (non-hydrogen) atoms. The number of halogens is 2. The standard InChI is InChI=1S/C12H28NP.2ClH/c1-10(2,3)14(13,11(4,5)6)12(7,8)9;;/h13H,1-9H3;2*1H. The molecule has 0 aliphatic heterocycles. The molecule has 102 valence electrons. The molecular weight excluding hydrogens is 260 g/mol. The Morgan fingerprint density at radius 1 is 0.562 bits per heavy atom. The van der Waals surface area contributed by atoms with Gasteiger partial charge in [-0.3, -0.25) is 0 Å². The molecule has 0 aromatic rings. The van der Waals surface area contributed by atoms with Crippen molar-refractivity contribution < 1.29 is 0 Å². The Kier molecular flexibility index (Phi) is 7.76. The monoisotopic (exact) mass is 289 g/mol. The van der Waals surface area contributed by atoms with Crippen molar-refractivity contribution in [2.75, 3.05) is 0 Å². The quantitative estimate of drug-likeness (QED) is 0.529. The molecule has 0 aromatic carbocycles. The van der Waals surface area contributed by atoms with E-state index < -0.39 is 7.05 Å². The molecule has 0 radical (unpaired) electrons. The van der Waals surface area contributed by atoms with Crippen molar-refractivity contribution >= 4 is 31.9 Å². The first kappa shape index (κ1) is 22.0. The van der Waals surface area contributed by atoms with E-state index in [1.54, 1.807) is 0 Å². The lowest BCUT2D eigenvalue weighted by atomic mass is 10.2. The smallest absolute Gasteiger partial charge is 0.00239 e. The van der Waals surface area contributed by atoms with Crippen LogP contribution in [0, 0.1) is 5.16 Å². The third-order valence-electron chi connectivity index (χ3n) is 3.02. The van der Waals surface area contributed by atoms with Crippen molar-refractivity contribution in [1.29, 1.82) is 5.16 Å². The Labute approximate surface area is 115 Å². The molecule has 1 nitrogen and oxygen atoms in total. The lowest BCUT2D eigenvalue weighted by Gasteiger charge is -2.53. The average Bonchev–Trinajstić information content (AvgIpc) is 1.77. The van der Waals surface area contributed by atoms with Crippen LogP contribution < -0.4 is 0 Å². The SMILES string of the molecule is CC(C)(C)P(=N)(C(C)(C)C)C(C)(C)C.Cl.Cl. The maximum Gasteiger partial charge on any atom is -0.00239 e. The topological polar surface area (TPSA) is 23.9 Å². The second-order valence-corrected chi connectivity index (χ2v) is 12.5. The summed E-state index contributed by atoms with van der Waals surface area (Å²) in [7, 11) is -1.77. The Bertz CT molecular complexity index is 211. The highest BCUT2D eigenvalue weighted by Gasteiger charge is 2.49. The minimum absolute atomic E-state index is 0. The van der Waals surface area contributed by atoms with Gasteiger partial charge in [0.25, 0.3) is 0 Å². The third-order valence-corrected chi connectivity index (χ3v) is 9.06. The van der Waals surface area contributed by atoms with Gasteiger partial charge in [0.05, 0.1) is 0 Å². The fourth-order valence-corrected chi connectivity index (χ4v) is 9.06. The maximum atomic E-state index is 8.99. The molecular formula is C12H30Cl2NP. The van der Waals surface area contributed by atoms with Crippen LogP contribution in [0.15, 0.2) is 0 Å². The van der Waals surface area contributed by atoms with E-state index in [0.29, 0.717) is 0 Å². The summed E-state index contributed by atoms with van der Waals surface area (Å²) in [5.41, 5.74) is 0. The molecule has 0 aromatic heterocycles. The van der Waals surface area contributed by atoms with Gasteiger partial charge in [-0.05, 0) is 22.5 Å². The highest BCUT2D eigenvalue weighted by atomic mass is 35.5. The lowest BCUT2D eigenvalue weighted by Crippen LogP contribution is -2.38. The zero-order chi connectivity index (χ0) is 12.0. The second-order valence-electron chi connectivity index (χ2n) is 7.18. The summed E-state index contributed by atoms with van der Waals surface area (Å²) in [6.07, 6.45) is 0. The van der Waals surface area contributed by atoms with Crippen molar-refractivity contribution in [3.05, 3.63) is 0 Å². The molecule has 0 rings (SSSR count). The summed E-state index contributed by atoms with van der Waals surface area (Å²) in [4.78, 5) is 0. The summed E-state index contributed by atoms with van der Waals surface area (Å²) < 4.78 is 0. The van der Waals surface area contributed by atoms with Crippen molar-refractivity contribution in [3.8, 4) is 0 Å². The second kappa shape index (κ2) is 5.63. The third kappa shape index (κ3) is 3.65. The summed E-state index contributed by atoms with van der Waals surface area (Å²) in [6, 6.07) is 0. The number of hydrogen-bond acceptors (Lipinski definition) is 1. The van der Waals surface area contributed by atoms with E-state index in [-0.39, 0.29) is 40.3 Å². The Morgan fingerprint density at radius 3 is 0.688 bits per heavy atom. The molecule has 0 atom stereocenters. The Hall–Kier alpha value is 0.810. The first-order valence-corrected chi connectivity index (χ1v) is 7.18. The average molecular weight is 290 g/mol. The van der Waals surface area contributed by atoms with Crippen LogP contribution in [0.5, 0.6) is 0 Å². The highest BCUT2D eigenvalue weighted by molar-refractivity contribution is 7.69. The van der Waals surface area contributed by atoms with Gasteiger partial charge in [-0.25, -0.2) is 0 Å². The van der Waals surface area contributed by atoms with Gasteiger partial charge in [0, 0.05) is 0 Å². The minimum Gasteiger partial charge on any atom is -0.317 e. The molecule has 0 saturated heterocycles. The molecule has 4 heteroatoms. The zero-order valence-corrected chi connectivity index (χ0v) is 14.8. The highest BCUT2D eigenvalue weighted by Crippen LogP contribution is 2.74. The van der Waals surface area contributed by atoms with Gasteiger partial charge in [0.15, 0.2) is 0 Å². The van der Waals surface area contributed by atoms with Crippen molar-refractivity contribution in [3.63, 3.8) is 0 Å². The van der Waals surface area contributed by atoms with Crippen molar-refractivity contribution in [2.24, 2.45) is 0 Å². The van der Waals surface area contributed by atoms with Crippen LogP contribution >= 0.6 is 31.9 Å². The largest absolute Gasteiger partial charge is 0.317 e. The maximum absolute atomic E-state index is 8.99. The number of hydrogen-bond donors (Lipinski definition) is 1. The van der Waals surface area contributed by atoms with Crippen molar-refractivity contribution in [2.45, 2.75) is 77.8 Å². The fourth-order valence-electron chi connectivity index (χ4n) is 3.02. The molecule has 0 bridgehead atoms. The van der Waals surface area contributed by atoms with Crippen LogP contribution in [-0.4, -0.2) is 15.5 Å². The van der Waals surface area contributed by atoms with E-state index >= 15 is 0 Å². The normalized spacial score (nSPS) is 13.8. The Balaban J connectivity index is -0.000000845. The van der Waals surface area contributed by atoms with Crippen LogP contribution in [-0.2, 0) is 0 Å². The van der Waals surface area contributed by atoms with Gasteiger partial charge in [-0.15, -0.1) is 24.8 Å². The predicted molar refractivity (Wildman–Crippen MR) is 83.4 cm³/mol. The summed E-state index contributed by atoms with van der Waals surface area (Å²) >= 11 is 0. The Morgan fingerprint density at radius 2 is 0.688 bits per heavy atom. The van der Waals surface area contributed by atoms with Crippen LogP contribution in [0.2, 0.25) is 0 Å². The zero-order valence-electron chi connectivity index (χ0n) is 12.3. The summed E-state index contributed by atoms with van der Waals surface area (Å²) in [6.45, 7) is 20.0. The summed E-state index contributed by atoms with van der Waals surface area (Å²) in [5, 5.41) is 9.29. The molecule has 1 N–H and O–H groups in total. The minimum atomic E-state index is -1.77. The van der Waals surface area contributed by atoms with E-state index in [9.17, 15) is 0 Å². The van der Waals surface area contributed by atoms with E-state index in [4.69, 9.17) is 5.16 Å². The van der Waals surface area contributed by atoms with Crippen LogP contribution in [0.4, 0.5) is 0 Å². The number of rotatable bonds is 0. The van der Waals surface area contributed by atoms with Crippen LogP contribution in [0.3, 0.4) is 0 Å². The molecule has 0 heterocycles. The molecule has 0 fully saturated rings. The van der Waals surface area contributed by atoms with Gasteiger partial charge in [-0.1, -0.05) is 62.3 Å². The summed E-state index contributed by atoms with van der Waals surface area (Å²) in [5.74, 6) is 0. The van der Waals surface area contributed by atoms with E-state index in [2.05, 4.69) is 62.3 Å². The lowest BCUT2D eigenvalue weighted by molar-refractivity contribution is 0.625. The first-order valence-electron chi connectivity index (χ1n) is 5.39. The molecule has 0 saturated carbocycles. The molecule has 0 unspecified atom stereocenters. The van der Waals surface area contributed by atoms with E-state index in [1.807, 2.05) is 0 Å². The van der Waals surface area contributed by atoms with Gasteiger partial charge < -0.3 is 5.16 Å². The molecule has 0 spiro atoms. The van der Waals surface area contributed by atoms with Crippen LogP contribution in [0.25, 0.3) is 0 Å². The van der Waals surface area contributed by atoms with Crippen LogP contribution in [0.1, 0.15) is 62.3 Å². The van der Waals surface area contributed by atoms with E-state index in [0.717, 1.165) is 0 Å². The molecule has 0 aliphatic rings. The molecule has 0 amide bonds. The van der Waals surface area contributed by atoms with Gasteiger partial charge in [-0.2, -0.15) is 0 Å². The van der Waals surface area contributed by atoms with Gasteiger partial charge in [0.2, 0.25) is 0 Å². The van der Waals surface area contributed by atoms with Gasteiger partial charge >= 0.3 is 0 Å². The number of nitrogens with one attached hydrogen (secondary N) is 1. The van der Waals surface area contributed by atoms with Gasteiger partial charge in [0.1, 0.15) is 0 Å².